The van der Waals surface area contributed by atoms with Crippen LogP contribution in [-0.2, 0) is 10.2 Å². The Bertz CT molecular complexity index is 299. The van der Waals surface area contributed by atoms with Crippen LogP contribution in [-0.4, -0.2) is 16.2 Å². The molecule has 0 atom stereocenters. The zero-order valence-electron chi connectivity index (χ0n) is 7.19. The zero-order chi connectivity index (χ0) is 9.31. The van der Waals surface area contributed by atoms with E-state index in [2.05, 4.69) is 9.68 Å². The number of aliphatic carboxylic acids is 1. The van der Waals surface area contributed by atoms with Crippen molar-refractivity contribution in [2.75, 3.05) is 0 Å². The number of hydrogen-bond acceptors (Lipinski definition) is 3. The van der Waals surface area contributed by atoms with E-state index < -0.39 is 11.4 Å². The van der Waals surface area contributed by atoms with Gasteiger partial charge >= 0.3 is 5.97 Å². The molecule has 4 heteroatoms. The summed E-state index contributed by atoms with van der Waals surface area (Å²) in [6, 6.07) is 1.65. The fourth-order valence-corrected chi connectivity index (χ4v) is 2.02. The number of carboxylic acid groups (broad SMARTS) is 1. The number of carbonyl (C=O) groups is 1. The van der Waals surface area contributed by atoms with E-state index in [0.717, 1.165) is 12.8 Å². The monoisotopic (exact) mass is 181 g/mol. The van der Waals surface area contributed by atoms with Crippen LogP contribution >= 0.6 is 0 Å². The van der Waals surface area contributed by atoms with Crippen molar-refractivity contribution in [3.8, 4) is 0 Å². The molecule has 70 valence electrons. The lowest BCUT2D eigenvalue weighted by Gasteiger charge is -2.19. The molecule has 2 rings (SSSR count). The zero-order valence-corrected chi connectivity index (χ0v) is 7.19. The average Bonchev–Trinajstić information content (AvgIpc) is 2.75. The molecule has 1 fully saturated rings. The number of aromatic nitrogens is 1. The molecular formula is C9H11NO3. The quantitative estimate of drug-likeness (QED) is 0.752. The van der Waals surface area contributed by atoms with Crippen molar-refractivity contribution in [1.82, 2.24) is 5.16 Å². The molecule has 1 saturated carbocycles. The van der Waals surface area contributed by atoms with Gasteiger partial charge < -0.3 is 9.63 Å². The molecule has 1 aliphatic rings. The maximum atomic E-state index is 11.1. The van der Waals surface area contributed by atoms with Crippen LogP contribution in [0.1, 0.15) is 31.4 Å². The maximum absolute atomic E-state index is 11.1. The van der Waals surface area contributed by atoms with Gasteiger partial charge in [0.15, 0.2) is 0 Å². The first-order valence-corrected chi connectivity index (χ1v) is 4.40. The number of hydrogen-bond donors (Lipinski definition) is 1. The van der Waals surface area contributed by atoms with E-state index in [1.54, 1.807) is 6.07 Å². The van der Waals surface area contributed by atoms with Crippen molar-refractivity contribution >= 4 is 5.97 Å². The van der Waals surface area contributed by atoms with Gasteiger partial charge in [-0.2, -0.15) is 0 Å². The predicted octanol–water partition coefficient (Wildman–Crippen LogP) is 1.57. The first-order valence-electron chi connectivity index (χ1n) is 4.40. The molecule has 13 heavy (non-hydrogen) atoms. The third-order valence-corrected chi connectivity index (χ3v) is 2.79. The highest BCUT2D eigenvalue weighted by Crippen LogP contribution is 2.40. The highest BCUT2D eigenvalue weighted by molar-refractivity contribution is 5.81. The summed E-state index contributed by atoms with van der Waals surface area (Å²) in [4.78, 5) is 11.1. The lowest BCUT2D eigenvalue weighted by Crippen LogP contribution is -2.32. The van der Waals surface area contributed by atoms with Crippen molar-refractivity contribution in [3.05, 3.63) is 18.0 Å². The second-order valence-corrected chi connectivity index (χ2v) is 3.48. The van der Waals surface area contributed by atoms with E-state index >= 15 is 0 Å². The summed E-state index contributed by atoms with van der Waals surface area (Å²) in [5.74, 6) is -0.779. The van der Waals surface area contributed by atoms with Crippen molar-refractivity contribution < 1.29 is 14.4 Å². The van der Waals surface area contributed by atoms with Crippen LogP contribution in [0.15, 0.2) is 16.9 Å². The molecule has 1 heterocycles. The Balaban J connectivity index is 2.39. The Morgan fingerprint density at radius 3 is 2.69 bits per heavy atom. The number of carboxylic acids is 1. The standard InChI is InChI=1S/C9H11NO3/c11-8(12)9(4-1-2-5-9)7-3-6-13-10-7/h3,6H,1-2,4-5H2,(H,11,12). The van der Waals surface area contributed by atoms with Crippen LogP contribution in [0, 0.1) is 0 Å². The van der Waals surface area contributed by atoms with Gasteiger partial charge in [-0.05, 0) is 12.8 Å². The summed E-state index contributed by atoms with van der Waals surface area (Å²) in [5, 5.41) is 12.9. The molecule has 1 N–H and O–H groups in total. The van der Waals surface area contributed by atoms with Crippen LogP contribution in [0.2, 0.25) is 0 Å². The van der Waals surface area contributed by atoms with E-state index in [1.165, 1.54) is 6.26 Å². The first-order chi connectivity index (χ1) is 6.26. The van der Waals surface area contributed by atoms with Gasteiger partial charge in [-0.15, -0.1) is 0 Å². The van der Waals surface area contributed by atoms with Crippen molar-refractivity contribution in [1.29, 1.82) is 0 Å². The normalized spacial score (nSPS) is 20.3. The van der Waals surface area contributed by atoms with Gasteiger partial charge in [-0.3, -0.25) is 4.79 Å². The van der Waals surface area contributed by atoms with Gasteiger partial charge in [0.05, 0.1) is 0 Å². The molecule has 1 aliphatic carbocycles. The Labute approximate surface area is 75.5 Å². The van der Waals surface area contributed by atoms with Gasteiger partial charge in [-0.25, -0.2) is 0 Å². The minimum atomic E-state index is -0.779. The average molecular weight is 181 g/mol. The fraction of sp³-hybridized carbons (Fsp3) is 0.556. The molecule has 0 aliphatic heterocycles. The summed E-state index contributed by atoms with van der Waals surface area (Å²) < 4.78 is 4.69. The molecule has 4 nitrogen and oxygen atoms in total. The highest BCUT2D eigenvalue weighted by Gasteiger charge is 2.45. The minimum Gasteiger partial charge on any atom is -0.481 e. The van der Waals surface area contributed by atoms with Crippen LogP contribution in [0.4, 0.5) is 0 Å². The predicted molar refractivity (Wildman–Crippen MR) is 44.3 cm³/mol. The summed E-state index contributed by atoms with van der Waals surface area (Å²) in [6.07, 6.45) is 4.69. The topological polar surface area (TPSA) is 63.3 Å². The van der Waals surface area contributed by atoms with Gasteiger partial charge in [0, 0.05) is 6.07 Å². The Morgan fingerprint density at radius 2 is 2.23 bits per heavy atom. The van der Waals surface area contributed by atoms with Crippen LogP contribution in [0.5, 0.6) is 0 Å². The minimum absolute atomic E-state index is 0.567. The molecule has 0 bridgehead atoms. The highest BCUT2D eigenvalue weighted by atomic mass is 16.5. The Kier molecular flexibility index (Phi) is 1.83. The van der Waals surface area contributed by atoms with Crippen LogP contribution < -0.4 is 0 Å². The summed E-state index contributed by atoms with van der Waals surface area (Å²) >= 11 is 0. The molecule has 1 aromatic heterocycles. The van der Waals surface area contributed by atoms with Crippen molar-refractivity contribution in [2.45, 2.75) is 31.1 Å². The fourth-order valence-electron chi connectivity index (χ4n) is 2.02. The van der Waals surface area contributed by atoms with Gasteiger partial charge in [-0.1, -0.05) is 18.0 Å². The smallest absolute Gasteiger partial charge is 0.315 e. The van der Waals surface area contributed by atoms with Gasteiger partial charge in [0.25, 0.3) is 0 Å². The lowest BCUT2D eigenvalue weighted by atomic mass is 9.83. The SMILES string of the molecule is O=C(O)C1(c2ccon2)CCCC1. The Hall–Kier alpha value is -1.32. The number of nitrogens with zero attached hydrogens (tertiary/aromatic N) is 1. The largest absolute Gasteiger partial charge is 0.481 e. The molecule has 0 spiro atoms. The summed E-state index contributed by atoms with van der Waals surface area (Å²) in [7, 11) is 0. The van der Waals surface area contributed by atoms with Crippen LogP contribution in [0.25, 0.3) is 0 Å². The second kappa shape index (κ2) is 2.87. The molecule has 0 radical (unpaired) electrons. The molecule has 0 saturated heterocycles. The van der Waals surface area contributed by atoms with Crippen molar-refractivity contribution in [2.24, 2.45) is 0 Å². The van der Waals surface area contributed by atoms with Crippen molar-refractivity contribution in [3.63, 3.8) is 0 Å². The molecule has 0 unspecified atom stereocenters. The van der Waals surface area contributed by atoms with E-state index in [1.807, 2.05) is 0 Å². The van der Waals surface area contributed by atoms with Gasteiger partial charge in [0.1, 0.15) is 17.4 Å². The lowest BCUT2D eigenvalue weighted by molar-refractivity contribution is -0.143. The molecular weight excluding hydrogens is 170 g/mol. The molecule has 0 aromatic carbocycles. The van der Waals surface area contributed by atoms with E-state index in [4.69, 9.17) is 5.11 Å². The van der Waals surface area contributed by atoms with Crippen LogP contribution in [0.3, 0.4) is 0 Å². The maximum Gasteiger partial charge on any atom is 0.315 e. The summed E-state index contributed by atoms with van der Waals surface area (Å²) in [6.45, 7) is 0. The van der Waals surface area contributed by atoms with E-state index in [9.17, 15) is 4.79 Å². The molecule has 0 amide bonds. The van der Waals surface area contributed by atoms with E-state index in [-0.39, 0.29) is 0 Å². The molecule has 1 aromatic rings. The second-order valence-electron chi connectivity index (χ2n) is 3.48. The van der Waals surface area contributed by atoms with Gasteiger partial charge in [0.2, 0.25) is 0 Å². The number of rotatable bonds is 2. The third kappa shape index (κ3) is 1.13. The first kappa shape index (κ1) is 8.29. The third-order valence-electron chi connectivity index (χ3n) is 2.79. The summed E-state index contributed by atoms with van der Waals surface area (Å²) in [5.41, 5.74) is -0.204. The Morgan fingerprint density at radius 1 is 1.54 bits per heavy atom. The van der Waals surface area contributed by atoms with E-state index in [0.29, 0.717) is 18.5 Å².